The number of carbonyl (C=O) groups excluding carboxylic acids is 1. The van der Waals surface area contributed by atoms with Crippen LogP contribution in [0.15, 0.2) is 0 Å². The molecule has 0 N–H and O–H groups in total. The molecule has 0 aromatic heterocycles. The number of unbranched alkanes of at least 4 members (excludes halogenated alkanes) is 10. The van der Waals surface area contributed by atoms with Crippen molar-refractivity contribution < 1.29 is 9.53 Å². The summed E-state index contributed by atoms with van der Waals surface area (Å²) in [6, 6.07) is 0. The molecule has 0 aromatic rings. The summed E-state index contributed by atoms with van der Waals surface area (Å²) in [5.74, 6) is 0. The van der Waals surface area contributed by atoms with E-state index < -0.39 is 0 Å². The van der Waals surface area contributed by atoms with Gasteiger partial charge in [0.2, 0.25) is 0 Å². The molecular formula is C22H44N2O2. The second kappa shape index (κ2) is 16.4. The molecule has 26 heavy (non-hydrogen) atoms. The second-order valence-electron chi connectivity index (χ2n) is 7.83. The van der Waals surface area contributed by atoms with Crippen LogP contribution in [0.4, 0.5) is 4.79 Å². The van der Waals surface area contributed by atoms with Crippen molar-refractivity contribution >= 4 is 6.09 Å². The van der Waals surface area contributed by atoms with Gasteiger partial charge < -0.3 is 14.5 Å². The number of hydrogen-bond donors (Lipinski definition) is 0. The van der Waals surface area contributed by atoms with E-state index in [1.165, 1.54) is 90.1 Å². The normalized spacial score (nSPS) is 14.4. The fraction of sp³-hybridized carbons (Fsp3) is 0.955. The Morgan fingerprint density at radius 2 is 1.27 bits per heavy atom. The smallest absolute Gasteiger partial charge is 0.409 e. The van der Waals surface area contributed by atoms with Crippen molar-refractivity contribution in [2.45, 2.75) is 97.3 Å². The Balaban J connectivity index is 2.17. The Kier molecular flexibility index (Phi) is 14.7. The molecule has 0 aromatic carbocycles. The highest BCUT2D eigenvalue weighted by Gasteiger charge is 2.21. The second-order valence-corrected chi connectivity index (χ2v) is 7.83. The summed E-state index contributed by atoms with van der Waals surface area (Å²) in [6.45, 7) is 10.3. The lowest BCUT2D eigenvalue weighted by Crippen LogP contribution is -2.32. The largest absolute Gasteiger partial charge is 0.448 e. The van der Waals surface area contributed by atoms with Gasteiger partial charge in [-0.3, -0.25) is 0 Å². The number of amides is 1. The van der Waals surface area contributed by atoms with Crippen LogP contribution in [0.5, 0.6) is 0 Å². The highest BCUT2D eigenvalue weighted by atomic mass is 16.6. The zero-order valence-electron chi connectivity index (χ0n) is 17.6. The summed E-state index contributed by atoms with van der Waals surface area (Å²) in [5, 5.41) is 0. The minimum Gasteiger partial charge on any atom is -0.448 e. The minimum atomic E-state index is -0.122. The van der Waals surface area contributed by atoms with Gasteiger partial charge in [0.05, 0.1) is 6.54 Å². The van der Waals surface area contributed by atoms with Crippen LogP contribution in [-0.2, 0) is 4.74 Å². The summed E-state index contributed by atoms with van der Waals surface area (Å²) in [5.41, 5.74) is 0. The molecule has 0 radical (unpaired) electrons. The van der Waals surface area contributed by atoms with E-state index in [4.69, 9.17) is 4.74 Å². The van der Waals surface area contributed by atoms with Crippen molar-refractivity contribution in [3.63, 3.8) is 0 Å². The summed E-state index contributed by atoms with van der Waals surface area (Å²) in [6.07, 6.45) is 17.3. The van der Waals surface area contributed by atoms with Crippen molar-refractivity contribution in [1.29, 1.82) is 0 Å². The van der Waals surface area contributed by atoms with Gasteiger partial charge in [0.15, 0.2) is 0 Å². The molecule has 4 heteroatoms. The standard InChI is InChI=1S/C22H44N2O2/c1-3-5-7-9-11-13-16-23(17-14-12-10-8-6-4-2)18-15-19-24-20-21-26-22(24)25/h3-21H2,1-2H3. The van der Waals surface area contributed by atoms with Gasteiger partial charge in [-0.2, -0.15) is 0 Å². The molecule has 0 bridgehead atoms. The minimum absolute atomic E-state index is 0.122. The lowest BCUT2D eigenvalue weighted by atomic mass is 10.1. The van der Waals surface area contributed by atoms with E-state index in [0.29, 0.717) is 6.61 Å². The van der Waals surface area contributed by atoms with Crippen LogP contribution in [0.25, 0.3) is 0 Å². The number of hydrogen-bond acceptors (Lipinski definition) is 3. The zero-order chi connectivity index (χ0) is 18.9. The lowest BCUT2D eigenvalue weighted by molar-refractivity contribution is 0.156. The molecule has 1 aliphatic rings. The fourth-order valence-corrected chi connectivity index (χ4v) is 3.68. The van der Waals surface area contributed by atoms with Crippen LogP contribution in [0.3, 0.4) is 0 Å². The van der Waals surface area contributed by atoms with Crippen molar-refractivity contribution in [3.8, 4) is 0 Å². The Morgan fingerprint density at radius 3 is 1.77 bits per heavy atom. The van der Waals surface area contributed by atoms with E-state index in [2.05, 4.69) is 18.7 Å². The van der Waals surface area contributed by atoms with Gasteiger partial charge in [0.25, 0.3) is 0 Å². The molecule has 0 aliphatic carbocycles. The maximum atomic E-state index is 11.5. The molecule has 0 spiro atoms. The summed E-state index contributed by atoms with van der Waals surface area (Å²) in [7, 11) is 0. The highest BCUT2D eigenvalue weighted by molar-refractivity contribution is 5.69. The quantitative estimate of drug-likeness (QED) is 0.284. The third kappa shape index (κ3) is 11.8. The average molecular weight is 369 g/mol. The Bertz CT molecular complexity index is 320. The molecule has 0 saturated carbocycles. The van der Waals surface area contributed by atoms with Crippen molar-refractivity contribution in [2.75, 3.05) is 39.3 Å². The predicted octanol–water partition coefficient (Wildman–Crippen LogP) is 5.85. The summed E-state index contributed by atoms with van der Waals surface area (Å²) < 4.78 is 5.02. The maximum absolute atomic E-state index is 11.5. The SMILES string of the molecule is CCCCCCCCN(CCCCCCCC)CCCN1CCOC1=O. The van der Waals surface area contributed by atoms with Gasteiger partial charge in [-0.05, 0) is 38.9 Å². The highest BCUT2D eigenvalue weighted by Crippen LogP contribution is 2.10. The first-order valence-corrected chi connectivity index (χ1v) is 11.4. The molecule has 1 heterocycles. The van der Waals surface area contributed by atoms with E-state index in [1.54, 1.807) is 0 Å². The number of rotatable bonds is 18. The molecule has 1 amide bonds. The molecule has 1 saturated heterocycles. The van der Waals surface area contributed by atoms with Crippen LogP contribution in [0.2, 0.25) is 0 Å². The topological polar surface area (TPSA) is 32.8 Å². The van der Waals surface area contributed by atoms with E-state index in [9.17, 15) is 4.79 Å². The lowest BCUT2D eigenvalue weighted by Gasteiger charge is -2.23. The molecular weight excluding hydrogens is 324 g/mol. The van der Waals surface area contributed by atoms with Gasteiger partial charge in [0, 0.05) is 6.54 Å². The zero-order valence-corrected chi connectivity index (χ0v) is 17.6. The first-order valence-electron chi connectivity index (χ1n) is 11.4. The molecule has 154 valence electrons. The van der Waals surface area contributed by atoms with E-state index in [0.717, 1.165) is 26.1 Å². The Labute approximate surface area is 162 Å². The molecule has 1 aliphatic heterocycles. The van der Waals surface area contributed by atoms with Gasteiger partial charge in [-0.15, -0.1) is 0 Å². The first kappa shape index (κ1) is 23.3. The van der Waals surface area contributed by atoms with E-state index in [1.807, 2.05) is 4.90 Å². The predicted molar refractivity (Wildman–Crippen MR) is 111 cm³/mol. The monoisotopic (exact) mass is 368 g/mol. The summed E-state index contributed by atoms with van der Waals surface area (Å²) in [4.78, 5) is 16.0. The molecule has 4 nitrogen and oxygen atoms in total. The number of cyclic esters (lactones) is 1. The van der Waals surface area contributed by atoms with Gasteiger partial charge >= 0.3 is 6.09 Å². The van der Waals surface area contributed by atoms with Gasteiger partial charge in [-0.1, -0.05) is 78.1 Å². The van der Waals surface area contributed by atoms with Crippen LogP contribution >= 0.6 is 0 Å². The van der Waals surface area contributed by atoms with Crippen molar-refractivity contribution in [1.82, 2.24) is 9.80 Å². The van der Waals surface area contributed by atoms with Crippen LogP contribution < -0.4 is 0 Å². The van der Waals surface area contributed by atoms with Crippen LogP contribution in [-0.4, -0.2) is 55.2 Å². The molecule has 0 atom stereocenters. The van der Waals surface area contributed by atoms with E-state index >= 15 is 0 Å². The third-order valence-electron chi connectivity index (χ3n) is 5.40. The molecule has 1 fully saturated rings. The Morgan fingerprint density at radius 1 is 0.769 bits per heavy atom. The average Bonchev–Trinajstić information content (AvgIpc) is 3.05. The number of nitrogens with zero attached hydrogens (tertiary/aromatic N) is 2. The maximum Gasteiger partial charge on any atom is 0.409 e. The van der Waals surface area contributed by atoms with Crippen molar-refractivity contribution in [2.24, 2.45) is 0 Å². The number of carbonyl (C=O) groups is 1. The number of ether oxygens (including phenoxy) is 1. The molecule has 0 unspecified atom stereocenters. The van der Waals surface area contributed by atoms with E-state index in [-0.39, 0.29) is 6.09 Å². The molecule has 1 rings (SSSR count). The fourth-order valence-electron chi connectivity index (χ4n) is 3.68. The third-order valence-corrected chi connectivity index (χ3v) is 5.40. The van der Waals surface area contributed by atoms with Crippen molar-refractivity contribution in [3.05, 3.63) is 0 Å². The van der Waals surface area contributed by atoms with Gasteiger partial charge in [-0.25, -0.2) is 4.79 Å². The Hall–Kier alpha value is -0.770. The first-order chi connectivity index (χ1) is 12.8. The van der Waals surface area contributed by atoms with Crippen LogP contribution in [0.1, 0.15) is 97.3 Å². The van der Waals surface area contributed by atoms with Gasteiger partial charge in [0.1, 0.15) is 6.61 Å². The summed E-state index contributed by atoms with van der Waals surface area (Å²) >= 11 is 0. The van der Waals surface area contributed by atoms with Crippen LogP contribution in [0, 0.1) is 0 Å².